The Hall–Kier alpha value is -0.260. The van der Waals surface area contributed by atoms with Gasteiger partial charge in [-0.3, -0.25) is 4.79 Å². The van der Waals surface area contributed by atoms with Gasteiger partial charge in [-0.1, -0.05) is 13.8 Å². The van der Waals surface area contributed by atoms with Crippen LogP contribution in [-0.2, 0) is 4.79 Å². The predicted octanol–water partition coefficient (Wildman–Crippen LogP) is 0.292. The third kappa shape index (κ3) is 5.90. The van der Waals surface area contributed by atoms with Crippen molar-refractivity contribution < 1.29 is 15.0 Å². The van der Waals surface area contributed by atoms with Crippen molar-refractivity contribution in [2.75, 3.05) is 12.4 Å². The van der Waals surface area contributed by atoms with Gasteiger partial charge in [0.2, 0.25) is 0 Å². The van der Waals surface area contributed by atoms with Gasteiger partial charge in [0.25, 0.3) is 0 Å². The van der Waals surface area contributed by atoms with Gasteiger partial charge < -0.3 is 15.9 Å². The van der Waals surface area contributed by atoms with E-state index in [9.17, 15) is 4.79 Å². The second-order valence-electron chi connectivity index (χ2n) is 3.49. The highest BCUT2D eigenvalue weighted by atomic mass is 32.2. The maximum Gasteiger partial charge on any atom is 0.321 e. The molecule has 0 rings (SSSR count). The molecule has 0 aliphatic rings. The molecule has 0 saturated heterocycles. The second kappa shape index (κ2) is 5.47. The Morgan fingerprint density at radius 1 is 1.62 bits per heavy atom. The number of thioether (sulfide) groups is 1. The first-order chi connectivity index (χ1) is 5.89. The number of carboxylic acids is 1. The number of hydrogen-bond donors (Lipinski definition) is 3. The third-order valence-electron chi connectivity index (χ3n) is 1.68. The van der Waals surface area contributed by atoms with Gasteiger partial charge in [0, 0.05) is 17.1 Å². The molecule has 0 saturated carbocycles. The highest BCUT2D eigenvalue weighted by Gasteiger charge is 2.21. The molecule has 0 heterocycles. The lowest BCUT2D eigenvalue weighted by molar-refractivity contribution is -0.137. The van der Waals surface area contributed by atoms with Crippen molar-refractivity contribution in [1.29, 1.82) is 0 Å². The topological polar surface area (TPSA) is 83.5 Å². The van der Waals surface area contributed by atoms with Crippen molar-refractivity contribution in [3.05, 3.63) is 0 Å². The summed E-state index contributed by atoms with van der Waals surface area (Å²) >= 11 is 1.47. The molecule has 0 aromatic rings. The van der Waals surface area contributed by atoms with E-state index < -0.39 is 12.0 Å². The lowest BCUT2D eigenvalue weighted by Crippen LogP contribution is -2.34. The van der Waals surface area contributed by atoms with Gasteiger partial charge in [-0.15, -0.1) is 0 Å². The zero-order valence-electron chi connectivity index (χ0n) is 7.99. The van der Waals surface area contributed by atoms with Gasteiger partial charge in [-0.2, -0.15) is 11.8 Å². The number of carbonyl (C=O) groups is 1. The van der Waals surface area contributed by atoms with E-state index in [4.69, 9.17) is 15.9 Å². The van der Waals surface area contributed by atoms with Gasteiger partial charge >= 0.3 is 5.97 Å². The van der Waals surface area contributed by atoms with Crippen LogP contribution in [0.1, 0.15) is 20.3 Å². The molecule has 0 amide bonds. The van der Waals surface area contributed by atoms with Gasteiger partial charge in [0.05, 0.1) is 0 Å². The Bertz CT molecular complexity index is 173. The summed E-state index contributed by atoms with van der Waals surface area (Å²) in [6.07, 6.45) is 0.643. The molecule has 1 atom stereocenters. The van der Waals surface area contributed by atoms with Crippen LogP contribution in [0.5, 0.6) is 0 Å². The molecule has 0 radical (unpaired) electrons. The fourth-order valence-corrected chi connectivity index (χ4v) is 1.74. The number of hydrogen-bond acceptors (Lipinski definition) is 4. The molecule has 0 spiro atoms. The van der Waals surface area contributed by atoms with Crippen molar-refractivity contribution in [1.82, 2.24) is 0 Å². The molecule has 0 fully saturated rings. The summed E-state index contributed by atoms with van der Waals surface area (Å²) in [6, 6.07) is -0.817. The van der Waals surface area contributed by atoms with E-state index in [1.165, 1.54) is 11.8 Å². The van der Waals surface area contributed by atoms with E-state index >= 15 is 0 Å². The van der Waals surface area contributed by atoms with Crippen LogP contribution in [0.25, 0.3) is 0 Å². The average molecular weight is 207 g/mol. The molecule has 0 aromatic heterocycles. The Kier molecular flexibility index (Phi) is 5.36. The van der Waals surface area contributed by atoms with E-state index in [0.717, 1.165) is 0 Å². The van der Waals surface area contributed by atoms with Crippen LogP contribution >= 0.6 is 11.8 Å². The Balaban J connectivity index is 3.80. The summed E-state index contributed by atoms with van der Waals surface area (Å²) in [5, 5.41) is 17.2. The zero-order valence-corrected chi connectivity index (χ0v) is 8.80. The lowest BCUT2D eigenvalue weighted by atomic mass is 10.1. The highest BCUT2D eigenvalue weighted by molar-refractivity contribution is 8.00. The number of aliphatic carboxylic acids is 1. The standard InChI is InChI=1S/C8H17NO3S/c1-8(2,3-4-10)13-5-6(9)7(11)12/h6,10H,3-5,9H2,1-2H3,(H,11,12). The van der Waals surface area contributed by atoms with Crippen molar-refractivity contribution >= 4 is 17.7 Å². The maximum absolute atomic E-state index is 10.4. The minimum absolute atomic E-state index is 0.109. The second-order valence-corrected chi connectivity index (χ2v) is 5.22. The first-order valence-corrected chi connectivity index (χ1v) is 5.11. The Morgan fingerprint density at radius 2 is 2.15 bits per heavy atom. The molecule has 0 aromatic carbocycles. The lowest BCUT2D eigenvalue weighted by Gasteiger charge is -2.23. The molecule has 0 bridgehead atoms. The van der Waals surface area contributed by atoms with E-state index in [1.54, 1.807) is 0 Å². The fourth-order valence-electron chi connectivity index (χ4n) is 0.728. The molecule has 0 aliphatic heterocycles. The number of rotatable bonds is 6. The Morgan fingerprint density at radius 3 is 2.54 bits per heavy atom. The predicted molar refractivity (Wildman–Crippen MR) is 53.9 cm³/mol. The molecular weight excluding hydrogens is 190 g/mol. The van der Waals surface area contributed by atoms with Crippen LogP contribution in [0, 0.1) is 0 Å². The number of aliphatic hydroxyl groups excluding tert-OH is 1. The fraction of sp³-hybridized carbons (Fsp3) is 0.875. The average Bonchev–Trinajstić information content (AvgIpc) is 2.00. The van der Waals surface area contributed by atoms with Crippen LogP contribution in [0.15, 0.2) is 0 Å². The number of nitrogens with two attached hydrogens (primary N) is 1. The summed E-state index contributed by atoms with van der Waals surface area (Å²) in [7, 11) is 0. The smallest absolute Gasteiger partial charge is 0.321 e. The summed E-state index contributed by atoms with van der Waals surface area (Å²) < 4.78 is -0.109. The quantitative estimate of drug-likeness (QED) is 0.583. The van der Waals surface area contributed by atoms with E-state index in [0.29, 0.717) is 12.2 Å². The van der Waals surface area contributed by atoms with Gasteiger partial charge in [0.1, 0.15) is 6.04 Å². The van der Waals surface area contributed by atoms with Gasteiger partial charge in [-0.05, 0) is 6.42 Å². The molecule has 13 heavy (non-hydrogen) atoms. The van der Waals surface area contributed by atoms with E-state index in [2.05, 4.69) is 0 Å². The van der Waals surface area contributed by atoms with Crippen molar-refractivity contribution in [3.8, 4) is 0 Å². The molecule has 4 nitrogen and oxygen atoms in total. The zero-order chi connectivity index (χ0) is 10.5. The molecule has 5 heteroatoms. The minimum atomic E-state index is -0.979. The SMILES string of the molecule is CC(C)(CCO)SCC(N)C(=O)O. The van der Waals surface area contributed by atoms with Crippen LogP contribution in [-0.4, -0.2) is 39.3 Å². The number of carboxylic acid groups (broad SMARTS) is 1. The van der Waals surface area contributed by atoms with E-state index in [-0.39, 0.29) is 11.4 Å². The van der Waals surface area contributed by atoms with E-state index in [1.807, 2.05) is 13.8 Å². The van der Waals surface area contributed by atoms with Crippen LogP contribution < -0.4 is 5.73 Å². The molecular formula is C8H17NO3S. The monoisotopic (exact) mass is 207 g/mol. The maximum atomic E-state index is 10.4. The highest BCUT2D eigenvalue weighted by Crippen LogP contribution is 2.27. The van der Waals surface area contributed by atoms with Gasteiger partial charge in [-0.25, -0.2) is 0 Å². The van der Waals surface area contributed by atoms with Crippen LogP contribution in [0.4, 0.5) is 0 Å². The molecule has 0 aliphatic carbocycles. The summed E-state index contributed by atoms with van der Waals surface area (Å²) in [4.78, 5) is 10.4. The summed E-state index contributed by atoms with van der Waals surface area (Å²) in [6.45, 7) is 4.03. The summed E-state index contributed by atoms with van der Waals surface area (Å²) in [5.41, 5.74) is 5.34. The number of aliphatic hydroxyl groups is 1. The van der Waals surface area contributed by atoms with Crippen molar-refractivity contribution in [2.45, 2.75) is 31.1 Å². The largest absolute Gasteiger partial charge is 0.480 e. The molecule has 78 valence electrons. The van der Waals surface area contributed by atoms with Gasteiger partial charge in [0.15, 0.2) is 0 Å². The molecule has 4 N–H and O–H groups in total. The van der Waals surface area contributed by atoms with Crippen molar-refractivity contribution in [2.24, 2.45) is 5.73 Å². The van der Waals surface area contributed by atoms with Crippen molar-refractivity contribution in [3.63, 3.8) is 0 Å². The molecule has 1 unspecified atom stereocenters. The third-order valence-corrected chi connectivity index (χ3v) is 3.20. The first kappa shape index (κ1) is 12.7. The summed E-state index contributed by atoms with van der Waals surface area (Å²) in [5.74, 6) is -0.602. The Labute approximate surface area is 82.5 Å². The van der Waals surface area contributed by atoms with Crippen LogP contribution in [0.2, 0.25) is 0 Å². The minimum Gasteiger partial charge on any atom is -0.480 e. The van der Waals surface area contributed by atoms with Crippen LogP contribution in [0.3, 0.4) is 0 Å². The first-order valence-electron chi connectivity index (χ1n) is 4.12. The normalized spacial score (nSPS) is 14.2.